The van der Waals surface area contributed by atoms with E-state index in [4.69, 9.17) is 23.8 Å². The van der Waals surface area contributed by atoms with E-state index in [1.165, 1.54) is 0 Å². The summed E-state index contributed by atoms with van der Waals surface area (Å²) in [5.41, 5.74) is 3.16. The van der Waals surface area contributed by atoms with Crippen LogP contribution in [-0.4, -0.2) is 25.6 Å². The molecule has 27 heavy (non-hydrogen) atoms. The molecule has 1 aliphatic heterocycles. The lowest BCUT2D eigenvalue weighted by molar-refractivity contribution is 0.262. The van der Waals surface area contributed by atoms with E-state index in [9.17, 15) is 0 Å². The summed E-state index contributed by atoms with van der Waals surface area (Å²) in [5.74, 6) is 0. The van der Waals surface area contributed by atoms with Crippen LogP contribution in [0.4, 0.5) is 0 Å². The lowest BCUT2D eigenvalue weighted by Crippen LogP contribution is -2.36. The molecule has 4 rings (SSSR count). The summed E-state index contributed by atoms with van der Waals surface area (Å²) >= 11 is 11.9. The van der Waals surface area contributed by atoms with Crippen LogP contribution >= 0.6 is 23.8 Å². The van der Waals surface area contributed by atoms with Crippen molar-refractivity contribution in [3.8, 4) is 5.69 Å². The maximum atomic E-state index is 6.23. The first kappa shape index (κ1) is 18.0. The minimum absolute atomic E-state index is 0.0195. The zero-order valence-corrected chi connectivity index (χ0v) is 16.8. The van der Waals surface area contributed by atoms with Crippen LogP contribution in [-0.2, 0) is 0 Å². The Morgan fingerprint density at radius 2 is 1.96 bits per heavy atom. The van der Waals surface area contributed by atoms with Crippen LogP contribution < -0.4 is 5.32 Å². The van der Waals surface area contributed by atoms with E-state index in [1.54, 1.807) is 0 Å². The standard InChI is InChI=1S/C21H21ClN4S/c1-14(2)26-20(19(24-21(26)27)17-9-3-4-11-23-17)18-10-6-12-25(18)16-8-5-7-15(22)13-16/h3-14,19-20H,1-2H3,(H,24,27)/t19-,20+/m0/s1. The molecule has 3 heterocycles. The van der Waals surface area contributed by atoms with Gasteiger partial charge in [-0.3, -0.25) is 4.98 Å². The van der Waals surface area contributed by atoms with Crippen molar-refractivity contribution in [1.29, 1.82) is 0 Å². The quantitative estimate of drug-likeness (QED) is 0.635. The Balaban J connectivity index is 1.84. The molecule has 1 N–H and O–H groups in total. The first-order chi connectivity index (χ1) is 13.1. The fraction of sp³-hybridized carbons (Fsp3) is 0.238. The molecule has 0 aliphatic carbocycles. The lowest BCUT2D eigenvalue weighted by Gasteiger charge is -2.31. The molecule has 0 amide bonds. The van der Waals surface area contributed by atoms with Crippen LogP contribution in [0.2, 0.25) is 5.02 Å². The Morgan fingerprint density at radius 1 is 1.11 bits per heavy atom. The van der Waals surface area contributed by atoms with Gasteiger partial charge >= 0.3 is 0 Å². The van der Waals surface area contributed by atoms with E-state index in [1.807, 2.05) is 42.6 Å². The van der Waals surface area contributed by atoms with Crippen molar-refractivity contribution >= 4 is 28.9 Å². The summed E-state index contributed by atoms with van der Waals surface area (Å²) in [6.45, 7) is 4.32. The van der Waals surface area contributed by atoms with Crippen molar-refractivity contribution in [2.75, 3.05) is 0 Å². The Hall–Kier alpha value is -2.37. The van der Waals surface area contributed by atoms with Crippen LogP contribution in [0.5, 0.6) is 0 Å². The normalized spacial score (nSPS) is 19.6. The minimum atomic E-state index is -0.0195. The highest BCUT2D eigenvalue weighted by Crippen LogP contribution is 2.40. The highest BCUT2D eigenvalue weighted by Gasteiger charge is 2.42. The molecule has 1 aromatic carbocycles. The zero-order valence-electron chi connectivity index (χ0n) is 15.2. The summed E-state index contributed by atoms with van der Waals surface area (Å²) in [6.07, 6.45) is 3.89. The number of thiocarbonyl (C=S) groups is 1. The molecular weight excluding hydrogens is 376 g/mol. The molecule has 0 spiro atoms. The summed E-state index contributed by atoms with van der Waals surface area (Å²) in [7, 11) is 0. The Bertz CT molecular complexity index is 954. The second-order valence-electron chi connectivity index (χ2n) is 6.91. The predicted molar refractivity (Wildman–Crippen MR) is 113 cm³/mol. The second kappa shape index (κ2) is 7.33. The van der Waals surface area contributed by atoms with E-state index in [0.717, 1.165) is 22.2 Å². The summed E-state index contributed by atoms with van der Waals surface area (Å²) in [5, 5.41) is 4.96. The average Bonchev–Trinajstić information content (AvgIpc) is 3.26. The van der Waals surface area contributed by atoms with Gasteiger partial charge in [-0.15, -0.1) is 0 Å². The van der Waals surface area contributed by atoms with E-state index < -0.39 is 0 Å². The summed E-state index contributed by atoms with van der Waals surface area (Å²) in [6, 6.07) is 18.3. The van der Waals surface area contributed by atoms with Gasteiger partial charge in [0, 0.05) is 34.8 Å². The number of halogens is 1. The van der Waals surface area contributed by atoms with Gasteiger partial charge in [0.1, 0.15) is 0 Å². The molecule has 0 saturated carbocycles. The molecule has 3 aromatic rings. The molecule has 1 fully saturated rings. The van der Waals surface area contributed by atoms with E-state index >= 15 is 0 Å². The van der Waals surface area contributed by atoms with Crippen molar-refractivity contribution in [3.63, 3.8) is 0 Å². The van der Waals surface area contributed by atoms with Crippen molar-refractivity contribution in [2.45, 2.75) is 32.0 Å². The number of nitrogens with zero attached hydrogens (tertiary/aromatic N) is 3. The van der Waals surface area contributed by atoms with Gasteiger partial charge in [0.2, 0.25) is 0 Å². The molecule has 1 saturated heterocycles. The number of nitrogens with one attached hydrogen (secondary N) is 1. The number of aromatic nitrogens is 2. The second-order valence-corrected chi connectivity index (χ2v) is 7.73. The molecule has 6 heteroatoms. The minimum Gasteiger partial charge on any atom is -0.352 e. The Kier molecular flexibility index (Phi) is 4.89. The number of hydrogen-bond donors (Lipinski definition) is 1. The predicted octanol–water partition coefficient (Wildman–Crippen LogP) is 4.91. The fourth-order valence-electron chi connectivity index (χ4n) is 3.73. The molecule has 4 nitrogen and oxygen atoms in total. The van der Waals surface area contributed by atoms with Crippen molar-refractivity contribution in [3.05, 3.63) is 83.4 Å². The average molecular weight is 397 g/mol. The zero-order chi connectivity index (χ0) is 19.0. The van der Waals surface area contributed by atoms with Crippen LogP contribution in [0, 0.1) is 0 Å². The van der Waals surface area contributed by atoms with E-state index in [2.05, 4.69) is 58.0 Å². The molecular formula is C21H21ClN4S. The summed E-state index contributed by atoms with van der Waals surface area (Å²) in [4.78, 5) is 6.84. The van der Waals surface area contributed by atoms with Gasteiger partial charge in [-0.1, -0.05) is 23.7 Å². The third-order valence-corrected chi connectivity index (χ3v) is 5.43. The highest BCUT2D eigenvalue weighted by atomic mass is 35.5. The van der Waals surface area contributed by atoms with Gasteiger partial charge < -0.3 is 14.8 Å². The number of hydrogen-bond acceptors (Lipinski definition) is 2. The third-order valence-electron chi connectivity index (χ3n) is 4.86. The van der Waals surface area contributed by atoms with Crippen LogP contribution in [0.15, 0.2) is 67.0 Å². The summed E-state index contributed by atoms with van der Waals surface area (Å²) < 4.78 is 2.18. The maximum absolute atomic E-state index is 6.23. The largest absolute Gasteiger partial charge is 0.352 e. The first-order valence-electron chi connectivity index (χ1n) is 8.99. The number of benzene rings is 1. The van der Waals surface area contributed by atoms with Gasteiger partial charge in [0.15, 0.2) is 5.11 Å². The molecule has 2 atom stereocenters. The van der Waals surface area contributed by atoms with Gasteiger partial charge in [-0.05, 0) is 68.5 Å². The van der Waals surface area contributed by atoms with E-state index in [-0.39, 0.29) is 18.1 Å². The lowest BCUT2D eigenvalue weighted by atomic mass is 10.0. The van der Waals surface area contributed by atoms with Crippen LogP contribution in [0.1, 0.15) is 37.3 Å². The molecule has 0 unspecified atom stereocenters. The number of pyridine rings is 1. The molecule has 2 aromatic heterocycles. The van der Waals surface area contributed by atoms with E-state index in [0.29, 0.717) is 5.02 Å². The smallest absolute Gasteiger partial charge is 0.170 e. The van der Waals surface area contributed by atoms with Crippen LogP contribution in [0.25, 0.3) is 5.69 Å². The SMILES string of the molecule is CC(C)N1C(=S)N[C@@H](c2ccccn2)[C@H]1c1cccn1-c1cccc(Cl)c1. The fourth-order valence-corrected chi connectivity index (χ4v) is 4.37. The van der Waals surface area contributed by atoms with Gasteiger partial charge in [-0.2, -0.15) is 0 Å². The van der Waals surface area contributed by atoms with Crippen LogP contribution in [0.3, 0.4) is 0 Å². The van der Waals surface area contributed by atoms with Crippen molar-refractivity contribution in [2.24, 2.45) is 0 Å². The van der Waals surface area contributed by atoms with Crippen molar-refractivity contribution < 1.29 is 0 Å². The van der Waals surface area contributed by atoms with Gasteiger partial charge in [0.25, 0.3) is 0 Å². The molecule has 0 radical (unpaired) electrons. The monoisotopic (exact) mass is 396 g/mol. The first-order valence-corrected chi connectivity index (χ1v) is 9.78. The van der Waals surface area contributed by atoms with Gasteiger partial charge in [0.05, 0.1) is 17.8 Å². The third kappa shape index (κ3) is 3.33. The Labute approximate surface area is 169 Å². The van der Waals surface area contributed by atoms with Crippen molar-refractivity contribution in [1.82, 2.24) is 19.8 Å². The topological polar surface area (TPSA) is 33.1 Å². The Morgan fingerprint density at radius 3 is 2.67 bits per heavy atom. The molecule has 0 bridgehead atoms. The molecule has 1 aliphatic rings. The highest BCUT2D eigenvalue weighted by molar-refractivity contribution is 7.80. The number of rotatable bonds is 4. The van der Waals surface area contributed by atoms with Gasteiger partial charge in [-0.25, -0.2) is 0 Å². The maximum Gasteiger partial charge on any atom is 0.170 e. The molecule has 138 valence electrons.